The van der Waals surface area contributed by atoms with Gasteiger partial charge in [-0.2, -0.15) is 5.10 Å². The first-order valence-electron chi connectivity index (χ1n) is 11.7. The summed E-state index contributed by atoms with van der Waals surface area (Å²) in [6, 6.07) is 30.8. The number of amides is 2. The Balaban J connectivity index is 1.35. The number of benzene rings is 3. The summed E-state index contributed by atoms with van der Waals surface area (Å²) < 4.78 is 2.16. The second kappa shape index (κ2) is 11.3. The molecule has 2 heterocycles. The third-order valence-corrected chi connectivity index (χ3v) is 6.56. The number of nitrogens with zero attached hydrogens (tertiary/aromatic N) is 2. The summed E-state index contributed by atoms with van der Waals surface area (Å²) in [4.78, 5) is 26.6. The molecule has 37 heavy (non-hydrogen) atoms. The lowest BCUT2D eigenvalue weighted by molar-refractivity contribution is -0.117. The average Bonchev–Trinajstić information content (AvgIpc) is 3.57. The fourth-order valence-corrected chi connectivity index (χ4v) is 4.63. The molecule has 0 spiro atoms. The lowest BCUT2D eigenvalue weighted by atomic mass is 10.2. The van der Waals surface area contributed by atoms with E-state index >= 15 is 0 Å². The first-order valence-corrected chi connectivity index (χ1v) is 12.6. The Morgan fingerprint density at radius 3 is 2.35 bits per heavy atom. The Kier molecular flexibility index (Phi) is 7.34. The van der Waals surface area contributed by atoms with Gasteiger partial charge in [0.25, 0.3) is 11.8 Å². The van der Waals surface area contributed by atoms with Gasteiger partial charge in [-0.15, -0.1) is 11.3 Å². The Hall–Kier alpha value is -4.75. The minimum Gasteiger partial charge on any atom is -0.342 e. The maximum absolute atomic E-state index is 13.0. The van der Waals surface area contributed by atoms with Crippen LogP contribution in [0.5, 0.6) is 0 Å². The van der Waals surface area contributed by atoms with Crippen LogP contribution in [0.1, 0.15) is 26.4 Å². The molecule has 0 aliphatic heterocycles. The fraction of sp³-hybridized carbons (Fsp3) is 0.0333. The highest BCUT2D eigenvalue weighted by molar-refractivity contribution is 7.10. The zero-order valence-electron chi connectivity index (χ0n) is 19.9. The maximum Gasteiger partial charge on any atom is 0.287 e. The fourth-order valence-electron chi connectivity index (χ4n) is 3.97. The SMILES string of the molecule is O=C(N/N=C/c1cn(Cc2ccccc2)c2ccccc12)/C(=C\c1cccs1)NC(=O)c1ccccc1. The maximum atomic E-state index is 13.0. The van der Waals surface area contributed by atoms with E-state index in [1.54, 1.807) is 36.6 Å². The van der Waals surface area contributed by atoms with E-state index in [-0.39, 0.29) is 11.6 Å². The van der Waals surface area contributed by atoms with Crippen molar-refractivity contribution in [2.24, 2.45) is 5.10 Å². The Morgan fingerprint density at radius 1 is 0.865 bits per heavy atom. The highest BCUT2D eigenvalue weighted by Gasteiger charge is 2.15. The van der Waals surface area contributed by atoms with Gasteiger partial charge in [0.15, 0.2) is 0 Å². The standard InChI is InChI=1S/C30H24N4O2S/c35-29(23-12-5-2-6-13-23)32-27(18-25-14-9-17-37-25)30(36)33-31-19-24-21-34(20-22-10-3-1-4-11-22)28-16-8-7-15-26(24)28/h1-19,21H,20H2,(H,32,35)(H,33,36)/b27-18+,31-19+. The van der Waals surface area contributed by atoms with Crippen molar-refractivity contribution in [2.45, 2.75) is 6.54 Å². The summed E-state index contributed by atoms with van der Waals surface area (Å²) in [6.45, 7) is 0.723. The topological polar surface area (TPSA) is 75.5 Å². The molecule has 182 valence electrons. The van der Waals surface area contributed by atoms with Crippen molar-refractivity contribution >= 4 is 46.3 Å². The molecule has 2 aromatic heterocycles. The van der Waals surface area contributed by atoms with E-state index in [4.69, 9.17) is 0 Å². The van der Waals surface area contributed by atoms with Gasteiger partial charge in [0.1, 0.15) is 5.70 Å². The van der Waals surface area contributed by atoms with E-state index < -0.39 is 5.91 Å². The van der Waals surface area contributed by atoms with Crippen molar-refractivity contribution < 1.29 is 9.59 Å². The number of fused-ring (bicyclic) bond motifs is 1. The van der Waals surface area contributed by atoms with Crippen molar-refractivity contribution in [3.63, 3.8) is 0 Å². The minimum atomic E-state index is -0.512. The lowest BCUT2D eigenvalue weighted by Gasteiger charge is -2.08. The normalized spacial score (nSPS) is 11.6. The van der Waals surface area contributed by atoms with Gasteiger partial charge in [-0.25, -0.2) is 5.43 Å². The molecule has 0 saturated carbocycles. The number of carbonyl (C=O) groups is 2. The number of para-hydroxylation sites is 1. The smallest absolute Gasteiger partial charge is 0.287 e. The number of thiophene rings is 1. The molecule has 0 atom stereocenters. The van der Waals surface area contributed by atoms with Crippen molar-refractivity contribution in [3.05, 3.63) is 136 Å². The van der Waals surface area contributed by atoms with E-state index in [9.17, 15) is 9.59 Å². The molecule has 0 radical (unpaired) electrons. The molecule has 3 aromatic carbocycles. The zero-order chi connectivity index (χ0) is 25.5. The third-order valence-electron chi connectivity index (χ3n) is 5.74. The first-order chi connectivity index (χ1) is 18.2. The van der Waals surface area contributed by atoms with Gasteiger partial charge < -0.3 is 9.88 Å². The molecule has 7 heteroatoms. The van der Waals surface area contributed by atoms with Crippen LogP contribution in [0.15, 0.2) is 119 Å². The molecule has 5 aromatic rings. The van der Waals surface area contributed by atoms with Gasteiger partial charge in [-0.3, -0.25) is 9.59 Å². The molecule has 2 N–H and O–H groups in total. The number of aromatic nitrogens is 1. The molecule has 0 aliphatic carbocycles. The summed E-state index contributed by atoms with van der Waals surface area (Å²) in [6.07, 6.45) is 5.29. The molecular formula is C30H24N4O2S. The minimum absolute atomic E-state index is 0.111. The van der Waals surface area contributed by atoms with Crippen LogP contribution in [-0.2, 0) is 11.3 Å². The van der Waals surface area contributed by atoms with Gasteiger partial charge in [0.2, 0.25) is 0 Å². The van der Waals surface area contributed by atoms with Crippen LogP contribution in [0.4, 0.5) is 0 Å². The van der Waals surface area contributed by atoms with Gasteiger partial charge in [-0.1, -0.05) is 72.8 Å². The molecule has 0 fully saturated rings. The number of carbonyl (C=O) groups excluding carboxylic acids is 2. The lowest BCUT2D eigenvalue weighted by Crippen LogP contribution is -2.32. The van der Waals surface area contributed by atoms with Crippen LogP contribution in [0.25, 0.3) is 17.0 Å². The van der Waals surface area contributed by atoms with Gasteiger partial charge in [0.05, 0.1) is 6.21 Å². The molecule has 5 rings (SSSR count). The molecule has 2 amide bonds. The largest absolute Gasteiger partial charge is 0.342 e. The van der Waals surface area contributed by atoms with E-state index in [0.29, 0.717) is 5.56 Å². The highest BCUT2D eigenvalue weighted by Crippen LogP contribution is 2.21. The molecule has 0 aliphatic rings. The Bertz CT molecular complexity index is 1570. The number of hydrogen-bond donors (Lipinski definition) is 2. The molecule has 0 bridgehead atoms. The number of hydrogen-bond acceptors (Lipinski definition) is 4. The van der Waals surface area contributed by atoms with Crippen LogP contribution in [0.3, 0.4) is 0 Å². The predicted molar refractivity (Wildman–Crippen MR) is 149 cm³/mol. The van der Waals surface area contributed by atoms with E-state index in [1.807, 2.05) is 66.2 Å². The van der Waals surface area contributed by atoms with E-state index in [0.717, 1.165) is 27.9 Å². The second-order valence-corrected chi connectivity index (χ2v) is 9.29. The molecule has 6 nitrogen and oxygen atoms in total. The molecular weight excluding hydrogens is 480 g/mol. The van der Waals surface area contributed by atoms with Gasteiger partial charge in [0, 0.05) is 39.6 Å². The van der Waals surface area contributed by atoms with E-state index in [1.165, 1.54) is 16.9 Å². The first kappa shape index (κ1) is 24.0. The summed E-state index contributed by atoms with van der Waals surface area (Å²) in [5.41, 5.74) is 6.29. The van der Waals surface area contributed by atoms with Gasteiger partial charge >= 0.3 is 0 Å². The van der Waals surface area contributed by atoms with Gasteiger partial charge in [-0.05, 0) is 41.3 Å². The Labute approximate surface area is 218 Å². The number of nitrogens with one attached hydrogen (secondary N) is 2. The average molecular weight is 505 g/mol. The van der Waals surface area contributed by atoms with Crippen LogP contribution >= 0.6 is 11.3 Å². The monoisotopic (exact) mass is 504 g/mol. The van der Waals surface area contributed by atoms with E-state index in [2.05, 4.69) is 38.6 Å². The molecule has 0 unspecified atom stereocenters. The second-order valence-electron chi connectivity index (χ2n) is 8.31. The third kappa shape index (κ3) is 5.91. The summed E-state index contributed by atoms with van der Waals surface area (Å²) in [5.74, 6) is -0.881. The van der Waals surface area contributed by atoms with Crippen molar-refractivity contribution in [2.75, 3.05) is 0 Å². The highest BCUT2D eigenvalue weighted by atomic mass is 32.1. The van der Waals surface area contributed by atoms with Crippen LogP contribution in [0.2, 0.25) is 0 Å². The number of rotatable bonds is 8. The predicted octanol–water partition coefficient (Wildman–Crippen LogP) is 5.67. The van der Waals surface area contributed by atoms with Crippen LogP contribution in [-0.4, -0.2) is 22.6 Å². The quantitative estimate of drug-likeness (QED) is 0.162. The van der Waals surface area contributed by atoms with Crippen molar-refractivity contribution in [3.8, 4) is 0 Å². The van der Waals surface area contributed by atoms with Crippen LogP contribution in [0, 0.1) is 0 Å². The van der Waals surface area contributed by atoms with Crippen molar-refractivity contribution in [1.29, 1.82) is 0 Å². The summed E-state index contributed by atoms with van der Waals surface area (Å²) in [5, 5.41) is 9.87. The Morgan fingerprint density at radius 2 is 1.59 bits per heavy atom. The number of hydrazone groups is 1. The summed E-state index contributed by atoms with van der Waals surface area (Å²) >= 11 is 1.47. The van der Waals surface area contributed by atoms with Crippen molar-refractivity contribution in [1.82, 2.24) is 15.3 Å². The summed E-state index contributed by atoms with van der Waals surface area (Å²) in [7, 11) is 0. The molecule has 0 saturated heterocycles. The zero-order valence-corrected chi connectivity index (χ0v) is 20.7. The van der Waals surface area contributed by atoms with Crippen LogP contribution < -0.4 is 10.7 Å².